The first-order chi connectivity index (χ1) is 10.0. The van der Waals surface area contributed by atoms with Crippen LogP contribution in [0, 0.1) is 0 Å². The molecule has 0 amide bonds. The summed E-state index contributed by atoms with van der Waals surface area (Å²) in [5.74, 6) is 0.417. The molecule has 0 spiro atoms. The van der Waals surface area contributed by atoms with E-state index in [0.717, 1.165) is 12.1 Å². The Morgan fingerprint density at radius 3 is 2.67 bits per heavy atom. The van der Waals surface area contributed by atoms with Gasteiger partial charge in [0.25, 0.3) is 0 Å². The molecule has 0 bridgehead atoms. The Morgan fingerprint density at radius 2 is 1.95 bits per heavy atom. The van der Waals surface area contributed by atoms with Crippen LogP contribution in [0.1, 0.15) is 37.3 Å². The molecule has 0 fully saturated rings. The molecule has 1 unspecified atom stereocenters. The predicted molar refractivity (Wildman–Crippen MR) is 90.5 cm³/mol. The maximum Gasteiger partial charge on any atom is 0.143 e. The Hall–Kier alpha value is -1.51. The fourth-order valence-corrected chi connectivity index (χ4v) is 2.57. The van der Waals surface area contributed by atoms with Crippen molar-refractivity contribution in [2.75, 3.05) is 0 Å². The number of benzene rings is 2. The first kappa shape index (κ1) is 15.9. The number of hydrogen-bond acceptors (Lipinski definition) is 2. The molecular formula is C17H17Cl2NO. The minimum atomic E-state index is -0.00848. The second-order valence-corrected chi connectivity index (χ2v) is 5.80. The normalized spacial score (nSPS) is 12.8. The molecule has 0 aliphatic carbocycles. The molecule has 110 valence electrons. The highest BCUT2D eigenvalue weighted by atomic mass is 35.5. The van der Waals surface area contributed by atoms with Gasteiger partial charge in [0.1, 0.15) is 5.75 Å². The summed E-state index contributed by atoms with van der Waals surface area (Å²) >= 11 is 11.9. The summed E-state index contributed by atoms with van der Waals surface area (Å²) in [6.45, 7) is 4.32. The Balaban J connectivity index is 2.39. The minimum Gasteiger partial charge on any atom is -0.506 e. The maximum absolute atomic E-state index is 9.94. The van der Waals surface area contributed by atoms with Gasteiger partial charge in [-0.2, -0.15) is 0 Å². The third-order valence-corrected chi connectivity index (χ3v) is 3.99. The average molecular weight is 322 g/mol. The van der Waals surface area contributed by atoms with Crippen LogP contribution in [0.15, 0.2) is 41.4 Å². The smallest absolute Gasteiger partial charge is 0.143 e. The Kier molecular flexibility index (Phi) is 5.27. The highest BCUT2D eigenvalue weighted by Gasteiger charge is 2.09. The standard InChI is InChI=1S/C17H17Cl2NO/c1-3-11(2)14-6-4-5-7-16(14)20-10-12-8-13(18)9-15(19)17(12)21/h4-11,21H,3H2,1-2H3. The van der Waals surface area contributed by atoms with Crippen LogP contribution in [0.5, 0.6) is 5.75 Å². The van der Waals surface area contributed by atoms with Gasteiger partial charge in [0.2, 0.25) is 0 Å². The number of phenolic OH excluding ortho intramolecular Hbond substituents is 1. The second-order valence-electron chi connectivity index (χ2n) is 4.95. The predicted octanol–water partition coefficient (Wildman–Crippen LogP) is 5.96. The molecule has 0 aliphatic rings. The summed E-state index contributed by atoms with van der Waals surface area (Å²) in [5.41, 5.74) is 2.58. The number of phenols is 1. The zero-order valence-electron chi connectivity index (χ0n) is 12.0. The van der Waals surface area contributed by atoms with E-state index in [4.69, 9.17) is 23.2 Å². The average Bonchev–Trinajstić information content (AvgIpc) is 2.49. The summed E-state index contributed by atoms with van der Waals surface area (Å²) in [7, 11) is 0. The summed E-state index contributed by atoms with van der Waals surface area (Å²) in [6, 6.07) is 11.1. The van der Waals surface area contributed by atoms with Gasteiger partial charge in [-0.25, -0.2) is 0 Å². The van der Waals surface area contributed by atoms with E-state index < -0.39 is 0 Å². The molecule has 2 aromatic rings. The van der Waals surface area contributed by atoms with Crippen LogP contribution in [0.2, 0.25) is 10.0 Å². The van der Waals surface area contributed by atoms with Crippen molar-refractivity contribution in [3.8, 4) is 5.75 Å². The highest BCUT2D eigenvalue weighted by Crippen LogP contribution is 2.32. The molecule has 0 saturated carbocycles. The van der Waals surface area contributed by atoms with E-state index in [2.05, 4.69) is 24.9 Å². The topological polar surface area (TPSA) is 32.6 Å². The van der Waals surface area contributed by atoms with Crippen molar-refractivity contribution in [3.05, 3.63) is 57.6 Å². The number of halogens is 2. The van der Waals surface area contributed by atoms with Gasteiger partial charge in [-0.3, -0.25) is 4.99 Å². The van der Waals surface area contributed by atoms with E-state index in [0.29, 0.717) is 16.5 Å². The molecule has 0 radical (unpaired) electrons. The van der Waals surface area contributed by atoms with Gasteiger partial charge in [0.05, 0.1) is 10.7 Å². The van der Waals surface area contributed by atoms with Crippen molar-refractivity contribution in [2.45, 2.75) is 26.2 Å². The van der Waals surface area contributed by atoms with Gasteiger partial charge < -0.3 is 5.11 Å². The van der Waals surface area contributed by atoms with Crippen molar-refractivity contribution in [1.82, 2.24) is 0 Å². The lowest BCUT2D eigenvalue weighted by Crippen LogP contribution is -1.92. The van der Waals surface area contributed by atoms with Crippen molar-refractivity contribution in [3.63, 3.8) is 0 Å². The van der Waals surface area contributed by atoms with Crippen LogP contribution >= 0.6 is 23.2 Å². The molecule has 21 heavy (non-hydrogen) atoms. The maximum atomic E-state index is 9.94. The van der Waals surface area contributed by atoms with Crippen LogP contribution in [-0.2, 0) is 0 Å². The van der Waals surface area contributed by atoms with Crippen molar-refractivity contribution in [2.24, 2.45) is 4.99 Å². The zero-order chi connectivity index (χ0) is 15.4. The van der Waals surface area contributed by atoms with Gasteiger partial charge in [0, 0.05) is 16.8 Å². The van der Waals surface area contributed by atoms with Gasteiger partial charge >= 0.3 is 0 Å². The molecule has 2 nitrogen and oxygen atoms in total. The molecule has 1 atom stereocenters. The van der Waals surface area contributed by atoms with Gasteiger partial charge in [-0.05, 0) is 36.1 Å². The third kappa shape index (κ3) is 3.78. The summed E-state index contributed by atoms with van der Waals surface area (Å²) in [6.07, 6.45) is 2.63. The van der Waals surface area contributed by atoms with Gasteiger partial charge in [-0.1, -0.05) is 55.2 Å². The quantitative estimate of drug-likeness (QED) is 0.692. The van der Waals surface area contributed by atoms with E-state index in [1.165, 1.54) is 11.6 Å². The third-order valence-electron chi connectivity index (χ3n) is 3.48. The van der Waals surface area contributed by atoms with Crippen molar-refractivity contribution < 1.29 is 5.11 Å². The number of nitrogens with zero attached hydrogens (tertiary/aromatic N) is 1. The Bertz CT molecular complexity index is 668. The van der Waals surface area contributed by atoms with Crippen molar-refractivity contribution >= 4 is 35.1 Å². The van der Waals surface area contributed by atoms with Crippen LogP contribution in [0.3, 0.4) is 0 Å². The lowest BCUT2D eigenvalue weighted by Gasteiger charge is -2.11. The number of hydrogen-bond donors (Lipinski definition) is 1. The number of rotatable bonds is 4. The van der Waals surface area contributed by atoms with E-state index in [9.17, 15) is 5.11 Å². The largest absolute Gasteiger partial charge is 0.506 e. The van der Waals surface area contributed by atoms with Gasteiger partial charge in [0.15, 0.2) is 0 Å². The van der Waals surface area contributed by atoms with Crippen LogP contribution < -0.4 is 0 Å². The van der Waals surface area contributed by atoms with Gasteiger partial charge in [-0.15, -0.1) is 0 Å². The van der Waals surface area contributed by atoms with E-state index in [1.54, 1.807) is 12.3 Å². The van der Waals surface area contributed by atoms with Crippen LogP contribution in [0.4, 0.5) is 5.69 Å². The minimum absolute atomic E-state index is 0.00848. The lowest BCUT2D eigenvalue weighted by molar-refractivity contribution is 0.475. The number of para-hydroxylation sites is 1. The van der Waals surface area contributed by atoms with Crippen molar-refractivity contribution in [1.29, 1.82) is 0 Å². The van der Waals surface area contributed by atoms with E-state index in [-0.39, 0.29) is 10.8 Å². The Labute approximate surface area is 135 Å². The fourth-order valence-electron chi connectivity index (χ4n) is 2.07. The lowest BCUT2D eigenvalue weighted by atomic mass is 9.97. The summed E-state index contributed by atoms with van der Waals surface area (Å²) < 4.78 is 0. The number of aliphatic imine (C=N–C) groups is 1. The van der Waals surface area contributed by atoms with Crippen LogP contribution in [-0.4, -0.2) is 11.3 Å². The zero-order valence-corrected chi connectivity index (χ0v) is 13.5. The summed E-state index contributed by atoms with van der Waals surface area (Å²) in [5, 5.41) is 10.6. The molecular weight excluding hydrogens is 305 g/mol. The molecule has 0 aliphatic heterocycles. The molecule has 2 aromatic carbocycles. The molecule has 4 heteroatoms. The molecule has 2 rings (SSSR count). The molecule has 0 heterocycles. The van der Waals surface area contributed by atoms with E-state index in [1.807, 2.05) is 18.2 Å². The molecule has 1 N–H and O–H groups in total. The second kappa shape index (κ2) is 6.97. The first-order valence-corrected chi connectivity index (χ1v) is 7.59. The van der Waals surface area contributed by atoms with E-state index >= 15 is 0 Å². The fraction of sp³-hybridized carbons (Fsp3) is 0.235. The highest BCUT2D eigenvalue weighted by molar-refractivity contribution is 6.36. The Morgan fingerprint density at radius 1 is 1.24 bits per heavy atom. The number of aromatic hydroxyl groups is 1. The monoisotopic (exact) mass is 321 g/mol. The molecule has 0 saturated heterocycles. The molecule has 0 aromatic heterocycles. The van der Waals surface area contributed by atoms with Crippen LogP contribution in [0.25, 0.3) is 0 Å². The SMILES string of the molecule is CCC(C)c1ccccc1N=Cc1cc(Cl)cc(Cl)c1O. The summed E-state index contributed by atoms with van der Waals surface area (Å²) in [4.78, 5) is 4.49. The first-order valence-electron chi connectivity index (χ1n) is 6.84.